The molecule has 1 saturated heterocycles. The van der Waals surface area contributed by atoms with E-state index < -0.39 is 0 Å². The van der Waals surface area contributed by atoms with Gasteiger partial charge >= 0.3 is 0 Å². The summed E-state index contributed by atoms with van der Waals surface area (Å²) >= 11 is 0. The Balaban J connectivity index is 1.89. The molecule has 0 spiro atoms. The highest BCUT2D eigenvalue weighted by Gasteiger charge is 2.31. The average molecular weight is 181 g/mol. The lowest BCUT2D eigenvalue weighted by Gasteiger charge is -2.30. The summed E-state index contributed by atoms with van der Waals surface area (Å²) in [5.41, 5.74) is 0. The number of hydrogen-bond acceptors (Lipinski definition) is 1. The topological polar surface area (TPSA) is 29.1 Å². The fourth-order valence-electron chi connectivity index (χ4n) is 2.87. The Labute approximate surface area is 80.1 Å². The second-order valence-corrected chi connectivity index (χ2v) is 4.80. The number of carbonyl (C=O) groups is 1. The third-order valence-electron chi connectivity index (χ3n) is 3.65. The molecule has 1 amide bonds. The second kappa shape index (κ2) is 3.69. The minimum Gasteiger partial charge on any atom is -0.356 e. The van der Waals surface area contributed by atoms with Crippen molar-refractivity contribution in [1.29, 1.82) is 0 Å². The molecule has 2 rings (SSSR count). The molecule has 1 aliphatic heterocycles. The summed E-state index contributed by atoms with van der Waals surface area (Å²) in [6.07, 6.45) is 6.25. The van der Waals surface area contributed by atoms with Crippen molar-refractivity contribution in [2.45, 2.75) is 39.0 Å². The fourth-order valence-corrected chi connectivity index (χ4v) is 2.87. The van der Waals surface area contributed by atoms with E-state index >= 15 is 0 Å². The van der Waals surface area contributed by atoms with Crippen molar-refractivity contribution < 1.29 is 4.79 Å². The van der Waals surface area contributed by atoms with Crippen LogP contribution in [0.2, 0.25) is 0 Å². The van der Waals surface area contributed by atoms with Crippen LogP contribution in [0, 0.1) is 17.8 Å². The number of amides is 1. The van der Waals surface area contributed by atoms with Gasteiger partial charge in [0.1, 0.15) is 0 Å². The maximum absolute atomic E-state index is 11.1. The number of carbonyl (C=O) groups excluding carboxylic acids is 1. The van der Waals surface area contributed by atoms with Gasteiger partial charge in [-0.25, -0.2) is 0 Å². The molecule has 3 atom stereocenters. The van der Waals surface area contributed by atoms with E-state index in [2.05, 4.69) is 12.2 Å². The first-order chi connectivity index (χ1) is 6.25. The van der Waals surface area contributed by atoms with Crippen LogP contribution in [0.3, 0.4) is 0 Å². The van der Waals surface area contributed by atoms with Crippen molar-refractivity contribution in [2.75, 3.05) is 6.54 Å². The Morgan fingerprint density at radius 3 is 2.77 bits per heavy atom. The molecule has 3 unspecified atom stereocenters. The van der Waals surface area contributed by atoms with Crippen molar-refractivity contribution in [2.24, 2.45) is 17.8 Å². The lowest BCUT2D eigenvalue weighted by Crippen LogP contribution is -2.23. The van der Waals surface area contributed by atoms with E-state index in [9.17, 15) is 4.79 Å². The van der Waals surface area contributed by atoms with Crippen LogP contribution in [0.25, 0.3) is 0 Å². The van der Waals surface area contributed by atoms with E-state index in [1.807, 2.05) is 0 Å². The molecule has 2 aliphatic rings. The van der Waals surface area contributed by atoms with E-state index in [-0.39, 0.29) is 5.91 Å². The van der Waals surface area contributed by atoms with Crippen molar-refractivity contribution >= 4 is 5.91 Å². The van der Waals surface area contributed by atoms with Gasteiger partial charge in [0.05, 0.1) is 0 Å². The summed E-state index contributed by atoms with van der Waals surface area (Å²) in [6, 6.07) is 0. The van der Waals surface area contributed by atoms with Gasteiger partial charge in [-0.05, 0) is 24.2 Å². The maximum Gasteiger partial charge on any atom is 0.220 e. The van der Waals surface area contributed by atoms with Crippen molar-refractivity contribution in [1.82, 2.24) is 5.32 Å². The minimum atomic E-state index is 0.267. The molecule has 0 aromatic carbocycles. The number of hydrogen-bond donors (Lipinski definition) is 1. The zero-order chi connectivity index (χ0) is 9.26. The Morgan fingerprint density at radius 2 is 2.15 bits per heavy atom. The molecule has 2 heteroatoms. The molecule has 2 nitrogen and oxygen atoms in total. The summed E-state index contributed by atoms with van der Waals surface area (Å²) in [6.45, 7) is 3.28. The SMILES string of the molecule is CC1CCCC(C2CNC(=O)C2)C1. The molecule has 74 valence electrons. The Morgan fingerprint density at radius 1 is 1.31 bits per heavy atom. The van der Waals surface area contributed by atoms with Crippen molar-refractivity contribution in [3.8, 4) is 0 Å². The molecule has 2 fully saturated rings. The van der Waals surface area contributed by atoms with Gasteiger partial charge in [-0.1, -0.05) is 26.2 Å². The minimum absolute atomic E-state index is 0.267. The fraction of sp³-hybridized carbons (Fsp3) is 0.909. The molecule has 0 aromatic rings. The molecule has 1 aliphatic carbocycles. The molecule has 0 aromatic heterocycles. The summed E-state index contributed by atoms with van der Waals surface area (Å²) in [5, 5.41) is 2.94. The van der Waals surface area contributed by atoms with Crippen LogP contribution in [0.15, 0.2) is 0 Å². The van der Waals surface area contributed by atoms with Gasteiger partial charge < -0.3 is 5.32 Å². The Bertz CT molecular complexity index is 202. The molecular weight excluding hydrogens is 162 g/mol. The van der Waals surface area contributed by atoms with Crippen LogP contribution in [-0.4, -0.2) is 12.5 Å². The highest BCUT2D eigenvalue weighted by Crippen LogP contribution is 2.35. The van der Waals surface area contributed by atoms with Crippen LogP contribution in [0.4, 0.5) is 0 Å². The second-order valence-electron chi connectivity index (χ2n) is 4.80. The highest BCUT2D eigenvalue weighted by molar-refractivity contribution is 5.78. The van der Waals surface area contributed by atoms with E-state index in [4.69, 9.17) is 0 Å². The van der Waals surface area contributed by atoms with Gasteiger partial charge in [0.15, 0.2) is 0 Å². The van der Waals surface area contributed by atoms with Crippen LogP contribution < -0.4 is 5.32 Å². The summed E-state index contributed by atoms with van der Waals surface area (Å²) < 4.78 is 0. The summed E-state index contributed by atoms with van der Waals surface area (Å²) in [7, 11) is 0. The first-order valence-electron chi connectivity index (χ1n) is 5.52. The summed E-state index contributed by atoms with van der Waals surface area (Å²) in [5.74, 6) is 2.62. The highest BCUT2D eigenvalue weighted by atomic mass is 16.1. The number of nitrogens with one attached hydrogen (secondary N) is 1. The van der Waals surface area contributed by atoms with Crippen LogP contribution >= 0.6 is 0 Å². The van der Waals surface area contributed by atoms with Gasteiger partial charge in [-0.2, -0.15) is 0 Å². The maximum atomic E-state index is 11.1. The number of rotatable bonds is 1. The standard InChI is InChI=1S/C11H19NO/c1-8-3-2-4-9(5-8)10-6-11(13)12-7-10/h8-10H,2-7H2,1H3,(H,12,13). The smallest absolute Gasteiger partial charge is 0.220 e. The van der Waals surface area contributed by atoms with E-state index in [1.165, 1.54) is 25.7 Å². The summed E-state index contributed by atoms with van der Waals surface area (Å²) in [4.78, 5) is 11.1. The quantitative estimate of drug-likeness (QED) is 0.658. The largest absolute Gasteiger partial charge is 0.356 e. The van der Waals surface area contributed by atoms with Gasteiger partial charge in [-0.15, -0.1) is 0 Å². The van der Waals surface area contributed by atoms with Gasteiger partial charge in [0, 0.05) is 13.0 Å². The van der Waals surface area contributed by atoms with Crippen LogP contribution in [0.5, 0.6) is 0 Å². The molecule has 1 saturated carbocycles. The molecule has 1 N–H and O–H groups in total. The van der Waals surface area contributed by atoms with Gasteiger partial charge in [0.25, 0.3) is 0 Å². The lowest BCUT2D eigenvalue weighted by molar-refractivity contribution is -0.119. The first kappa shape index (κ1) is 9.04. The van der Waals surface area contributed by atoms with E-state index in [1.54, 1.807) is 0 Å². The first-order valence-corrected chi connectivity index (χ1v) is 5.52. The molecule has 0 bridgehead atoms. The van der Waals surface area contributed by atoms with Crippen molar-refractivity contribution in [3.05, 3.63) is 0 Å². The Kier molecular flexibility index (Phi) is 2.56. The molecular formula is C11H19NO. The third-order valence-corrected chi connectivity index (χ3v) is 3.65. The average Bonchev–Trinajstić information content (AvgIpc) is 2.52. The third kappa shape index (κ3) is 2.04. The van der Waals surface area contributed by atoms with Crippen LogP contribution in [-0.2, 0) is 4.79 Å². The zero-order valence-electron chi connectivity index (χ0n) is 8.38. The monoisotopic (exact) mass is 181 g/mol. The molecule has 1 heterocycles. The predicted molar refractivity (Wildman–Crippen MR) is 52.2 cm³/mol. The van der Waals surface area contributed by atoms with Crippen molar-refractivity contribution in [3.63, 3.8) is 0 Å². The normalized spacial score (nSPS) is 40.4. The van der Waals surface area contributed by atoms with Gasteiger partial charge in [-0.3, -0.25) is 4.79 Å². The zero-order valence-corrected chi connectivity index (χ0v) is 8.38. The van der Waals surface area contributed by atoms with E-state index in [0.717, 1.165) is 24.8 Å². The molecule has 13 heavy (non-hydrogen) atoms. The predicted octanol–water partition coefficient (Wildman–Crippen LogP) is 1.95. The lowest BCUT2D eigenvalue weighted by atomic mass is 9.75. The van der Waals surface area contributed by atoms with Crippen LogP contribution in [0.1, 0.15) is 39.0 Å². The molecule has 0 radical (unpaired) electrons. The van der Waals surface area contributed by atoms with E-state index in [0.29, 0.717) is 5.92 Å². The van der Waals surface area contributed by atoms with Gasteiger partial charge in [0.2, 0.25) is 5.91 Å². The Hall–Kier alpha value is -0.530.